The van der Waals surface area contributed by atoms with Crippen LogP contribution in [0.5, 0.6) is 0 Å². The average molecular weight is 322 g/mol. The normalized spacial score (nSPS) is 10.3. The summed E-state index contributed by atoms with van der Waals surface area (Å²) in [5.41, 5.74) is 0. The van der Waals surface area contributed by atoms with Crippen molar-refractivity contribution in [2.45, 2.75) is 60.9 Å². The fourth-order valence-electron chi connectivity index (χ4n) is 1.29. The Bertz CT molecular complexity index is 68.3. The van der Waals surface area contributed by atoms with Gasteiger partial charge in [0.25, 0.3) is 0 Å². The van der Waals surface area contributed by atoms with Crippen LogP contribution in [0.3, 0.4) is 0 Å². The van der Waals surface area contributed by atoms with Crippen LogP contribution in [0.25, 0.3) is 0 Å². The molecule has 0 aliphatic rings. The second kappa shape index (κ2) is 14.0. The third-order valence-corrected chi connectivity index (χ3v) is 13.4. The number of hydrogen-bond acceptors (Lipinski definition) is 1. The van der Waals surface area contributed by atoms with Gasteiger partial charge >= 0.3 is 101 Å². The Morgan fingerprint density at radius 3 is 1.07 bits per heavy atom. The molecular weight excluding hydrogens is 293 g/mol. The summed E-state index contributed by atoms with van der Waals surface area (Å²) in [6.45, 7) is 11.4. The molecule has 0 aromatic heterocycles. The van der Waals surface area contributed by atoms with Crippen molar-refractivity contribution in [2.24, 2.45) is 0 Å². The quantitative estimate of drug-likeness (QED) is 0.666. The topological polar surface area (TPSA) is 9.23 Å². The Kier molecular flexibility index (Phi) is 17.5. The summed E-state index contributed by atoms with van der Waals surface area (Å²) in [5.74, 6) is 0. The molecule has 0 N–H and O–H groups in total. The molecule has 0 aromatic carbocycles. The van der Waals surface area contributed by atoms with Crippen molar-refractivity contribution in [3.05, 3.63) is 0 Å². The van der Waals surface area contributed by atoms with E-state index in [0.717, 1.165) is 0 Å². The molecular formula is C11H28Ge2O. The molecule has 0 unspecified atom stereocenters. The third kappa shape index (κ3) is 11.1. The van der Waals surface area contributed by atoms with Gasteiger partial charge in [0.05, 0.1) is 0 Å². The van der Waals surface area contributed by atoms with Crippen molar-refractivity contribution in [1.82, 2.24) is 0 Å². The zero-order valence-electron chi connectivity index (χ0n) is 10.9. The Morgan fingerprint density at radius 1 is 0.714 bits per heavy atom. The fourth-order valence-corrected chi connectivity index (χ4v) is 6.70. The van der Waals surface area contributed by atoms with Crippen molar-refractivity contribution in [2.75, 3.05) is 7.11 Å². The van der Waals surface area contributed by atoms with Gasteiger partial charge in [-0.1, -0.05) is 0 Å². The summed E-state index contributed by atoms with van der Waals surface area (Å²) >= 11 is -1.31. The summed E-state index contributed by atoms with van der Waals surface area (Å²) in [6, 6.07) is 0. The summed E-state index contributed by atoms with van der Waals surface area (Å²) in [6.07, 6.45) is 0. The summed E-state index contributed by atoms with van der Waals surface area (Å²) in [7, 11) is 1.84. The van der Waals surface area contributed by atoms with Gasteiger partial charge in [-0.25, -0.2) is 0 Å². The minimum absolute atomic E-state index is 0.403. The maximum atomic E-state index is 5.22. The zero-order chi connectivity index (χ0) is 11.4. The molecule has 2 radical (unpaired) electrons. The van der Waals surface area contributed by atoms with Crippen molar-refractivity contribution in [3.63, 3.8) is 0 Å². The van der Waals surface area contributed by atoms with Crippen LogP contribution in [0.1, 0.15) is 34.6 Å². The predicted octanol–water partition coefficient (Wildman–Crippen LogP) is 4.21. The fraction of sp³-hybridized carbons (Fsp3) is 1.00. The van der Waals surface area contributed by atoms with Gasteiger partial charge < -0.3 is 0 Å². The SMILES string of the molecule is C[CH2][Ge]([CH2]C)[CH2]C.C[CH2][Ge]([CH2]C)[O]C. The summed E-state index contributed by atoms with van der Waals surface area (Å²) < 4.78 is 5.22. The van der Waals surface area contributed by atoms with E-state index in [1.165, 1.54) is 26.3 Å². The van der Waals surface area contributed by atoms with Gasteiger partial charge in [-0.3, -0.25) is 0 Å². The van der Waals surface area contributed by atoms with Gasteiger partial charge in [-0.2, -0.15) is 0 Å². The van der Waals surface area contributed by atoms with E-state index in [0.29, 0.717) is 0 Å². The first-order valence-corrected chi connectivity index (χ1v) is 14.2. The first kappa shape index (κ1) is 17.4. The second-order valence-corrected chi connectivity index (χ2v) is 16.9. The predicted molar refractivity (Wildman–Crippen MR) is 70.9 cm³/mol. The number of hydrogen-bond donors (Lipinski definition) is 0. The monoisotopic (exact) mass is 324 g/mol. The van der Waals surface area contributed by atoms with Crippen molar-refractivity contribution < 1.29 is 3.76 Å². The van der Waals surface area contributed by atoms with Gasteiger partial charge in [0.15, 0.2) is 0 Å². The molecule has 0 bridgehead atoms. The Morgan fingerprint density at radius 2 is 1.07 bits per heavy atom. The van der Waals surface area contributed by atoms with E-state index in [4.69, 9.17) is 3.76 Å². The minimum atomic E-state index is -0.903. The van der Waals surface area contributed by atoms with E-state index in [-0.39, 0.29) is 0 Å². The standard InChI is InChI=1S/C6H15Ge.C5H13GeO/c1-4-7(5-2)6-3;1-4-6(5-2)7-3/h4-6H2,1-3H3;4-5H2,1-3H3. The molecule has 0 aliphatic carbocycles. The molecule has 0 aromatic rings. The van der Waals surface area contributed by atoms with Crippen LogP contribution in [0.15, 0.2) is 0 Å². The maximum absolute atomic E-state index is 5.22. The van der Waals surface area contributed by atoms with Crippen LogP contribution in [-0.4, -0.2) is 36.1 Å². The molecule has 0 rings (SSSR count). The zero-order valence-corrected chi connectivity index (χ0v) is 15.1. The first-order chi connectivity index (χ1) is 6.69. The summed E-state index contributed by atoms with van der Waals surface area (Å²) in [4.78, 5) is 0. The van der Waals surface area contributed by atoms with E-state index in [1.807, 2.05) is 7.11 Å². The van der Waals surface area contributed by atoms with E-state index >= 15 is 0 Å². The summed E-state index contributed by atoms with van der Waals surface area (Å²) in [5, 5.41) is 7.16. The van der Waals surface area contributed by atoms with Crippen LogP contribution in [0.4, 0.5) is 0 Å². The molecule has 0 spiro atoms. The molecule has 86 valence electrons. The Hall–Kier alpha value is 1.05. The Labute approximate surface area is 101 Å². The molecule has 14 heavy (non-hydrogen) atoms. The van der Waals surface area contributed by atoms with E-state index in [2.05, 4.69) is 34.6 Å². The van der Waals surface area contributed by atoms with Crippen LogP contribution < -0.4 is 0 Å². The molecule has 0 fully saturated rings. The van der Waals surface area contributed by atoms with E-state index < -0.39 is 29.0 Å². The second-order valence-electron chi connectivity index (χ2n) is 3.26. The van der Waals surface area contributed by atoms with Crippen LogP contribution in [0, 0.1) is 0 Å². The van der Waals surface area contributed by atoms with Crippen LogP contribution in [-0.2, 0) is 3.76 Å². The molecule has 0 atom stereocenters. The molecule has 0 amide bonds. The van der Waals surface area contributed by atoms with Gasteiger partial charge in [0, 0.05) is 0 Å². The number of rotatable bonds is 6. The van der Waals surface area contributed by atoms with Gasteiger partial charge in [0.2, 0.25) is 0 Å². The van der Waals surface area contributed by atoms with Gasteiger partial charge in [-0.15, -0.1) is 0 Å². The van der Waals surface area contributed by atoms with Crippen molar-refractivity contribution in [1.29, 1.82) is 0 Å². The molecule has 3 heteroatoms. The van der Waals surface area contributed by atoms with Crippen molar-refractivity contribution >= 4 is 29.0 Å². The van der Waals surface area contributed by atoms with Gasteiger partial charge in [-0.05, 0) is 0 Å². The van der Waals surface area contributed by atoms with Gasteiger partial charge in [0.1, 0.15) is 0 Å². The Balaban J connectivity index is 0. The van der Waals surface area contributed by atoms with Crippen molar-refractivity contribution in [3.8, 4) is 0 Å². The van der Waals surface area contributed by atoms with E-state index in [9.17, 15) is 0 Å². The third-order valence-electron chi connectivity index (χ3n) is 2.58. The van der Waals surface area contributed by atoms with Crippen LogP contribution in [0.2, 0.25) is 26.3 Å². The van der Waals surface area contributed by atoms with E-state index in [1.54, 1.807) is 0 Å². The van der Waals surface area contributed by atoms with Crippen LogP contribution >= 0.6 is 0 Å². The molecule has 0 aliphatic heterocycles. The molecule has 0 heterocycles. The molecule has 1 nitrogen and oxygen atoms in total. The average Bonchev–Trinajstić information content (AvgIpc) is 2.24. The molecule has 0 saturated heterocycles. The first-order valence-electron chi connectivity index (χ1n) is 5.92. The molecule has 0 saturated carbocycles.